The fraction of sp³-hybridized carbons (Fsp3) is 0.625. The van der Waals surface area contributed by atoms with Crippen LogP contribution in [0.4, 0.5) is 0 Å². The lowest BCUT2D eigenvalue weighted by Gasteiger charge is -2.26. The lowest BCUT2D eigenvalue weighted by molar-refractivity contribution is 0.181. The molecule has 0 radical (unpaired) electrons. The molecule has 1 aromatic carbocycles. The summed E-state index contributed by atoms with van der Waals surface area (Å²) in [5.74, 6) is 0.849. The van der Waals surface area contributed by atoms with Gasteiger partial charge in [-0.15, -0.1) is 0 Å². The van der Waals surface area contributed by atoms with Crippen molar-refractivity contribution in [3.05, 3.63) is 34.9 Å². The summed E-state index contributed by atoms with van der Waals surface area (Å²) in [6.45, 7) is 1.37. The highest BCUT2D eigenvalue weighted by Gasteiger charge is 2.25. The first-order chi connectivity index (χ1) is 10.5. The molecule has 0 amide bonds. The Kier molecular flexibility index (Phi) is 6.68. The van der Waals surface area contributed by atoms with Gasteiger partial charge in [-0.2, -0.15) is 0 Å². The van der Waals surface area contributed by atoms with E-state index in [2.05, 4.69) is 5.32 Å². The van der Waals surface area contributed by atoms with Crippen LogP contribution >= 0.6 is 11.6 Å². The van der Waals surface area contributed by atoms with Gasteiger partial charge in [-0.25, -0.2) is 8.42 Å². The van der Waals surface area contributed by atoms with Crippen LogP contribution in [0.15, 0.2) is 24.3 Å². The van der Waals surface area contributed by atoms with Crippen LogP contribution in [0.2, 0.25) is 5.02 Å². The van der Waals surface area contributed by atoms with Crippen LogP contribution in [0, 0.1) is 5.92 Å². The number of halogens is 1. The fourth-order valence-electron chi connectivity index (χ4n) is 2.90. The van der Waals surface area contributed by atoms with E-state index < -0.39 is 9.84 Å². The van der Waals surface area contributed by atoms with E-state index in [4.69, 9.17) is 16.3 Å². The normalized spacial score (nSPS) is 22.4. The zero-order valence-corrected chi connectivity index (χ0v) is 14.5. The maximum Gasteiger partial charge on any atom is 0.150 e. The number of benzene rings is 1. The average molecular weight is 346 g/mol. The minimum absolute atomic E-state index is 0.154. The summed E-state index contributed by atoms with van der Waals surface area (Å²) in [4.78, 5) is 0. The molecule has 1 N–H and O–H groups in total. The third kappa shape index (κ3) is 5.54. The van der Waals surface area contributed by atoms with Gasteiger partial charge in [0.2, 0.25) is 0 Å². The van der Waals surface area contributed by atoms with Crippen molar-refractivity contribution in [2.75, 3.05) is 31.8 Å². The lowest BCUT2D eigenvalue weighted by Crippen LogP contribution is -2.35. The summed E-state index contributed by atoms with van der Waals surface area (Å²) in [7, 11) is -1.16. The molecule has 0 spiro atoms. The van der Waals surface area contributed by atoms with Crippen LogP contribution in [-0.2, 0) is 14.6 Å². The largest absolute Gasteiger partial charge is 0.385 e. The summed E-state index contributed by atoms with van der Waals surface area (Å²) in [5, 5.41) is 4.23. The molecular weight excluding hydrogens is 322 g/mol. The van der Waals surface area contributed by atoms with Gasteiger partial charge >= 0.3 is 0 Å². The average Bonchev–Trinajstić information content (AvgIpc) is 2.48. The van der Waals surface area contributed by atoms with Crippen LogP contribution in [0.3, 0.4) is 0 Å². The number of nitrogens with one attached hydrogen (secondary N) is 1. The number of methoxy groups -OCH3 is 1. The van der Waals surface area contributed by atoms with Gasteiger partial charge in [0.1, 0.15) is 0 Å². The third-order valence-corrected chi connectivity index (χ3v) is 6.24. The quantitative estimate of drug-likeness (QED) is 0.825. The van der Waals surface area contributed by atoms with Crippen molar-refractivity contribution in [2.45, 2.75) is 25.3 Å². The van der Waals surface area contributed by atoms with E-state index in [1.54, 1.807) is 7.11 Å². The molecule has 2 atom stereocenters. The fourth-order valence-corrected chi connectivity index (χ4v) is 4.81. The first-order valence-corrected chi connectivity index (χ1v) is 9.88. The molecule has 4 nitrogen and oxygen atoms in total. The summed E-state index contributed by atoms with van der Waals surface area (Å²) in [6.07, 6.45) is 2.60. The molecule has 1 aromatic rings. The minimum Gasteiger partial charge on any atom is -0.385 e. The van der Waals surface area contributed by atoms with E-state index >= 15 is 0 Å². The van der Waals surface area contributed by atoms with Crippen molar-refractivity contribution < 1.29 is 13.2 Å². The Labute approximate surface area is 138 Å². The van der Waals surface area contributed by atoms with Crippen molar-refractivity contribution in [1.82, 2.24) is 5.32 Å². The van der Waals surface area contributed by atoms with Gasteiger partial charge in [0.05, 0.1) is 11.5 Å². The molecular formula is C16H24ClNO3S. The maximum atomic E-state index is 11.7. The Morgan fingerprint density at radius 3 is 2.73 bits per heavy atom. The predicted octanol–water partition coefficient (Wildman–Crippen LogP) is 2.83. The molecule has 124 valence electrons. The van der Waals surface area contributed by atoms with Gasteiger partial charge in [0.25, 0.3) is 0 Å². The molecule has 22 heavy (non-hydrogen) atoms. The SMILES string of the molecule is COCC[C@H](NC[C@@H]1CCCS(=O)(=O)C1)c1ccc(Cl)cc1. The van der Waals surface area contributed by atoms with Crippen LogP contribution in [-0.4, -0.2) is 40.2 Å². The Bertz CT molecular complexity index is 559. The first-order valence-electron chi connectivity index (χ1n) is 7.68. The highest BCUT2D eigenvalue weighted by molar-refractivity contribution is 7.91. The Morgan fingerprint density at radius 1 is 1.36 bits per heavy atom. The number of hydrogen-bond acceptors (Lipinski definition) is 4. The van der Waals surface area contributed by atoms with Gasteiger partial charge in [0, 0.05) is 24.8 Å². The van der Waals surface area contributed by atoms with E-state index in [0.717, 1.165) is 31.4 Å². The van der Waals surface area contributed by atoms with E-state index in [0.29, 0.717) is 23.1 Å². The highest BCUT2D eigenvalue weighted by Crippen LogP contribution is 2.22. The van der Waals surface area contributed by atoms with Crippen LogP contribution in [0.25, 0.3) is 0 Å². The number of rotatable bonds is 7. The molecule has 1 aliphatic rings. The summed E-state index contributed by atoms with van der Waals surface area (Å²) < 4.78 is 28.6. The van der Waals surface area contributed by atoms with E-state index in [9.17, 15) is 8.42 Å². The van der Waals surface area contributed by atoms with Gasteiger partial charge in [-0.1, -0.05) is 23.7 Å². The molecule has 0 unspecified atom stereocenters. The van der Waals surface area contributed by atoms with Crippen LogP contribution in [0.5, 0.6) is 0 Å². The smallest absolute Gasteiger partial charge is 0.150 e. The maximum absolute atomic E-state index is 11.7. The van der Waals surface area contributed by atoms with Crippen LogP contribution < -0.4 is 5.32 Å². The Morgan fingerprint density at radius 2 is 2.09 bits per heavy atom. The Hall–Kier alpha value is -0.620. The second kappa shape index (κ2) is 8.29. The summed E-state index contributed by atoms with van der Waals surface area (Å²) >= 11 is 5.94. The van der Waals surface area contributed by atoms with Crippen molar-refractivity contribution in [1.29, 1.82) is 0 Å². The number of hydrogen-bond donors (Lipinski definition) is 1. The van der Waals surface area contributed by atoms with E-state index in [1.807, 2.05) is 24.3 Å². The second-order valence-electron chi connectivity index (χ2n) is 5.92. The Balaban J connectivity index is 1.96. The molecule has 2 rings (SSSR count). The predicted molar refractivity (Wildman–Crippen MR) is 90.1 cm³/mol. The minimum atomic E-state index is -2.85. The monoisotopic (exact) mass is 345 g/mol. The van der Waals surface area contributed by atoms with Crippen molar-refractivity contribution in [3.63, 3.8) is 0 Å². The lowest BCUT2D eigenvalue weighted by atomic mass is 10.0. The van der Waals surface area contributed by atoms with Gasteiger partial charge in [-0.05, 0) is 49.4 Å². The molecule has 0 saturated carbocycles. The first kappa shape index (κ1) is 17.7. The highest BCUT2D eigenvalue weighted by atomic mass is 35.5. The second-order valence-corrected chi connectivity index (χ2v) is 8.58. The van der Waals surface area contributed by atoms with E-state index in [1.165, 1.54) is 0 Å². The number of sulfone groups is 1. The topological polar surface area (TPSA) is 55.4 Å². The number of ether oxygens (including phenoxy) is 1. The molecule has 1 heterocycles. The van der Waals surface area contributed by atoms with Gasteiger partial charge in [-0.3, -0.25) is 0 Å². The molecule has 6 heteroatoms. The molecule has 0 bridgehead atoms. The summed E-state index contributed by atoms with van der Waals surface area (Å²) in [6, 6.07) is 7.93. The molecule has 1 saturated heterocycles. The molecule has 1 fully saturated rings. The molecule has 0 aromatic heterocycles. The van der Waals surface area contributed by atoms with Gasteiger partial charge in [0.15, 0.2) is 9.84 Å². The standard InChI is InChI=1S/C16H24ClNO3S/c1-21-9-8-16(14-4-6-15(17)7-5-14)18-11-13-3-2-10-22(19,20)12-13/h4-7,13,16,18H,2-3,8-12H2,1H3/t13-,16-/m0/s1. The molecule has 0 aliphatic carbocycles. The van der Waals surface area contributed by atoms with E-state index in [-0.39, 0.29) is 12.0 Å². The van der Waals surface area contributed by atoms with Crippen LogP contribution in [0.1, 0.15) is 30.9 Å². The van der Waals surface area contributed by atoms with Crippen molar-refractivity contribution >= 4 is 21.4 Å². The van der Waals surface area contributed by atoms with Crippen molar-refractivity contribution in [2.24, 2.45) is 5.92 Å². The molecule has 1 aliphatic heterocycles. The third-order valence-electron chi connectivity index (χ3n) is 4.09. The zero-order chi connectivity index (χ0) is 16.0. The van der Waals surface area contributed by atoms with Crippen molar-refractivity contribution in [3.8, 4) is 0 Å². The van der Waals surface area contributed by atoms with Gasteiger partial charge < -0.3 is 10.1 Å². The summed E-state index contributed by atoms with van der Waals surface area (Å²) in [5.41, 5.74) is 1.15. The zero-order valence-electron chi connectivity index (χ0n) is 12.9.